The van der Waals surface area contributed by atoms with Crippen molar-refractivity contribution >= 4 is 21.8 Å². The zero-order chi connectivity index (χ0) is 21.0. The Morgan fingerprint density at radius 2 is 1.41 bits per heavy atom. The third kappa shape index (κ3) is 5.74. The summed E-state index contributed by atoms with van der Waals surface area (Å²) in [6.07, 6.45) is 3.62. The molecule has 1 atom stereocenters. The normalized spacial score (nSPS) is 12.6. The molecule has 0 aliphatic heterocycles. The fourth-order valence-corrected chi connectivity index (χ4v) is 3.48. The first kappa shape index (κ1) is 21.2. The number of aryl methyl sites for hydroxylation is 1. The van der Waals surface area contributed by atoms with Crippen LogP contribution in [-0.2, 0) is 13.1 Å². The van der Waals surface area contributed by atoms with Gasteiger partial charge in [0.05, 0.1) is 6.54 Å². The largest absolute Gasteiger partial charge is 0.385 e. The van der Waals surface area contributed by atoms with Crippen molar-refractivity contribution in [3.63, 3.8) is 0 Å². The number of hydrogen-bond donors (Lipinski definition) is 1. The number of aliphatic hydroxyl groups excluding tert-OH is 1. The quantitative estimate of drug-likeness (QED) is 0.414. The lowest BCUT2D eigenvalue weighted by molar-refractivity contribution is -2.00. The van der Waals surface area contributed by atoms with Gasteiger partial charge in [0.25, 0.3) is 0 Å². The van der Waals surface area contributed by atoms with E-state index in [4.69, 9.17) is 18.6 Å². The van der Waals surface area contributed by atoms with Gasteiger partial charge in [-0.15, -0.1) is 10.2 Å². The van der Waals surface area contributed by atoms with Crippen LogP contribution in [0.4, 0.5) is 0 Å². The number of hydrogen-bond acceptors (Lipinski definition) is 5. The van der Waals surface area contributed by atoms with Crippen LogP contribution in [0, 0.1) is 17.2 Å². The molecule has 0 saturated heterocycles. The highest BCUT2D eigenvalue weighted by Gasteiger charge is 2.16. The first-order valence-corrected chi connectivity index (χ1v) is 10.2. The van der Waals surface area contributed by atoms with Crippen LogP contribution in [0.25, 0.3) is 21.8 Å². The van der Waals surface area contributed by atoms with Gasteiger partial charge in [0.15, 0.2) is 18.9 Å². The predicted octanol–water partition coefficient (Wildman–Crippen LogP) is -1.30. The van der Waals surface area contributed by atoms with E-state index in [9.17, 15) is 5.11 Å². The summed E-state index contributed by atoms with van der Waals surface area (Å²) in [5.74, 6) is 0. The van der Waals surface area contributed by atoms with Gasteiger partial charge in [-0.1, -0.05) is 36.4 Å². The van der Waals surface area contributed by atoms with Gasteiger partial charge in [0.2, 0.25) is 0 Å². The standard InChI is InChI=1S/C21H21N2O.ClHO4/c1-16-7-6-12-22(13-16)14-17(24)15-23-20-10-4-2-8-18(20)19-9-3-5-11-21(19)23;2-1(3,4)5/h2-13,17,24H,14-15H2,1H3;(H,2,3,4,5)/q+1;/p-1. The van der Waals surface area contributed by atoms with E-state index in [-0.39, 0.29) is 0 Å². The molecule has 0 aliphatic carbocycles. The van der Waals surface area contributed by atoms with Gasteiger partial charge < -0.3 is 9.67 Å². The Morgan fingerprint density at radius 3 is 1.93 bits per heavy atom. The van der Waals surface area contributed by atoms with E-state index in [2.05, 4.69) is 72.3 Å². The molecule has 0 radical (unpaired) electrons. The molecule has 1 N–H and O–H groups in total. The smallest absolute Gasteiger partial charge is 0.175 e. The van der Waals surface area contributed by atoms with Gasteiger partial charge in [-0.25, -0.2) is 23.2 Å². The Labute approximate surface area is 170 Å². The van der Waals surface area contributed by atoms with Crippen LogP contribution in [0.3, 0.4) is 0 Å². The zero-order valence-electron chi connectivity index (χ0n) is 15.8. The van der Waals surface area contributed by atoms with Crippen LogP contribution in [0.1, 0.15) is 5.56 Å². The third-order valence-corrected chi connectivity index (χ3v) is 4.50. The molecular weight excluding hydrogens is 396 g/mol. The monoisotopic (exact) mass is 416 g/mol. The maximum Gasteiger partial charge on any atom is 0.175 e. The van der Waals surface area contributed by atoms with Gasteiger partial charge in [-0.3, -0.25) is 0 Å². The summed E-state index contributed by atoms with van der Waals surface area (Å²) in [5.41, 5.74) is 3.54. The van der Waals surface area contributed by atoms with Gasteiger partial charge in [0, 0.05) is 33.4 Å². The van der Waals surface area contributed by atoms with Crippen molar-refractivity contribution in [2.75, 3.05) is 0 Å². The van der Waals surface area contributed by atoms with E-state index >= 15 is 0 Å². The number of halogens is 1. The van der Waals surface area contributed by atoms with Crippen LogP contribution in [0.15, 0.2) is 73.1 Å². The predicted molar refractivity (Wildman–Crippen MR) is 96.8 cm³/mol. The summed E-state index contributed by atoms with van der Waals surface area (Å²) in [6.45, 7) is 3.23. The molecule has 0 bridgehead atoms. The second-order valence-electron chi connectivity index (χ2n) is 6.75. The highest BCUT2D eigenvalue weighted by molar-refractivity contribution is 6.07. The highest BCUT2D eigenvalue weighted by atomic mass is 35.7. The Balaban J connectivity index is 0.000000431. The number of para-hydroxylation sites is 2. The lowest BCUT2D eigenvalue weighted by Gasteiger charge is -2.17. The van der Waals surface area contributed by atoms with Gasteiger partial charge in [0.1, 0.15) is 6.10 Å². The SMILES string of the molecule is Cc1ccc[n+](CC(O)Cn2c3ccccc3c3ccccc32)c1.[O-][Cl+3]([O-])([O-])[O-]. The minimum absolute atomic E-state index is 0.448. The number of aromatic nitrogens is 2. The Bertz CT molecular complexity index is 1050. The molecule has 8 heteroatoms. The molecule has 2 aromatic heterocycles. The zero-order valence-corrected chi connectivity index (χ0v) is 16.5. The minimum atomic E-state index is -4.94. The Morgan fingerprint density at radius 1 is 0.897 bits per heavy atom. The number of fused-ring (bicyclic) bond motifs is 3. The summed E-state index contributed by atoms with van der Waals surface area (Å²) in [5, 5.41) is 13.1. The van der Waals surface area contributed by atoms with Crippen molar-refractivity contribution < 1.29 is 38.6 Å². The molecule has 2 heterocycles. The molecule has 0 fully saturated rings. The minimum Gasteiger partial charge on any atom is -0.385 e. The molecule has 152 valence electrons. The molecule has 4 aromatic rings. The maximum absolute atomic E-state index is 10.6. The van der Waals surface area contributed by atoms with E-state index in [1.54, 1.807) is 0 Å². The summed E-state index contributed by atoms with van der Waals surface area (Å²) in [4.78, 5) is 0. The van der Waals surface area contributed by atoms with Crippen molar-refractivity contribution in [1.82, 2.24) is 4.57 Å². The number of aliphatic hydroxyl groups is 1. The summed E-state index contributed by atoms with van der Waals surface area (Å²) >= 11 is 0. The number of rotatable bonds is 4. The molecule has 0 saturated carbocycles. The lowest BCUT2D eigenvalue weighted by Crippen LogP contribution is -2.68. The summed E-state index contributed by atoms with van der Waals surface area (Å²) < 4.78 is 38.2. The fourth-order valence-electron chi connectivity index (χ4n) is 3.48. The van der Waals surface area contributed by atoms with Crippen molar-refractivity contribution in [1.29, 1.82) is 0 Å². The second-order valence-corrected chi connectivity index (χ2v) is 7.51. The summed E-state index contributed by atoms with van der Waals surface area (Å²) in [7, 11) is -4.94. The third-order valence-electron chi connectivity index (χ3n) is 4.50. The average Bonchev–Trinajstić information content (AvgIpc) is 2.95. The maximum atomic E-state index is 10.6. The van der Waals surface area contributed by atoms with E-state index < -0.39 is 16.3 Å². The van der Waals surface area contributed by atoms with E-state index in [0.717, 1.165) is 0 Å². The van der Waals surface area contributed by atoms with E-state index in [1.807, 2.05) is 16.8 Å². The Hall–Kier alpha value is -2.52. The second kappa shape index (κ2) is 8.87. The van der Waals surface area contributed by atoms with E-state index in [1.165, 1.54) is 27.4 Å². The van der Waals surface area contributed by atoms with Crippen molar-refractivity contribution in [3.05, 3.63) is 78.6 Å². The molecule has 0 amide bonds. The van der Waals surface area contributed by atoms with Crippen molar-refractivity contribution in [2.24, 2.45) is 0 Å². The number of benzene rings is 2. The first-order valence-electron chi connectivity index (χ1n) is 8.94. The Kier molecular flexibility index (Phi) is 6.49. The molecule has 1 unspecified atom stereocenters. The van der Waals surface area contributed by atoms with Crippen LogP contribution in [-0.4, -0.2) is 15.8 Å². The average molecular weight is 417 g/mol. The molecular formula is C21H21ClN2O5. The molecule has 0 spiro atoms. The van der Waals surface area contributed by atoms with Crippen molar-refractivity contribution in [3.8, 4) is 0 Å². The highest BCUT2D eigenvalue weighted by Crippen LogP contribution is 2.28. The van der Waals surface area contributed by atoms with Crippen LogP contribution < -0.4 is 23.2 Å². The van der Waals surface area contributed by atoms with Gasteiger partial charge >= 0.3 is 0 Å². The topological polar surface area (TPSA) is 121 Å². The molecule has 7 nitrogen and oxygen atoms in total. The number of nitrogens with zero attached hydrogens (tertiary/aromatic N) is 2. The van der Waals surface area contributed by atoms with Crippen LogP contribution in [0.2, 0.25) is 0 Å². The van der Waals surface area contributed by atoms with Crippen molar-refractivity contribution in [2.45, 2.75) is 26.1 Å². The molecule has 4 rings (SSSR count). The van der Waals surface area contributed by atoms with Crippen LogP contribution >= 0.6 is 0 Å². The molecule has 2 aromatic carbocycles. The molecule has 0 aliphatic rings. The summed E-state index contributed by atoms with van der Waals surface area (Å²) in [6, 6.07) is 20.9. The van der Waals surface area contributed by atoms with Gasteiger partial charge in [-0.2, -0.15) is 0 Å². The number of pyridine rings is 1. The van der Waals surface area contributed by atoms with E-state index in [0.29, 0.717) is 13.1 Å². The first-order chi connectivity index (χ1) is 13.7. The lowest BCUT2D eigenvalue weighted by atomic mass is 10.2. The molecule has 29 heavy (non-hydrogen) atoms. The van der Waals surface area contributed by atoms with Gasteiger partial charge in [-0.05, 0) is 25.1 Å². The fraction of sp³-hybridized carbons (Fsp3) is 0.190. The van der Waals surface area contributed by atoms with Crippen LogP contribution in [0.5, 0.6) is 0 Å².